The van der Waals surface area contributed by atoms with Gasteiger partial charge in [0.15, 0.2) is 11.3 Å². The number of nitrogens with zero attached hydrogens (tertiary/aromatic N) is 3. The number of rotatable bonds is 4. The third-order valence-corrected chi connectivity index (χ3v) is 3.52. The highest BCUT2D eigenvalue weighted by molar-refractivity contribution is 7.16. The smallest absolute Gasteiger partial charge is 0.396 e. The lowest BCUT2D eigenvalue weighted by Crippen LogP contribution is -2.19. The summed E-state index contributed by atoms with van der Waals surface area (Å²) in [6, 6.07) is 3.29. The molecule has 0 saturated carbocycles. The van der Waals surface area contributed by atoms with Crippen LogP contribution in [0, 0.1) is 0 Å². The molecule has 0 aliphatic heterocycles. The standard InChI is InChI=1S/C12H9N5O5S/c1-20-6-2-5(3-7-9(6)21-12(19)23-7)4-14-15-11(18)8-10(13)17-22-16-8/h2-4H,1H3,(H2,13,17)(H,15,18). The zero-order valence-corrected chi connectivity index (χ0v) is 12.4. The number of carbonyl (C=O) groups is 1. The summed E-state index contributed by atoms with van der Waals surface area (Å²) in [7, 11) is 1.45. The van der Waals surface area contributed by atoms with Crippen LogP contribution in [0.4, 0.5) is 5.82 Å². The summed E-state index contributed by atoms with van der Waals surface area (Å²) >= 11 is 0.937. The molecule has 2 heterocycles. The number of methoxy groups -OCH3 is 1. The number of nitrogens with two attached hydrogens (primary N) is 1. The molecule has 1 amide bonds. The molecular weight excluding hydrogens is 326 g/mol. The summed E-state index contributed by atoms with van der Waals surface area (Å²) in [6.45, 7) is 0. The molecule has 23 heavy (non-hydrogen) atoms. The minimum absolute atomic E-state index is 0.135. The molecule has 3 aromatic rings. The Hall–Kier alpha value is -3.21. The van der Waals surface area contributed by atoms with Gasteiger partial charge < -0.3 is 14.9 Å². The van der Waals surface area contributed by atoms with E-state index in [0.717, 1.165) is 11.3 Å². The summed E-state index contributed by atoms with van der Waals surface area (Å²) in [4.78, 5) is 22.6. The molecular formula is C12H9N5O5S. The molecule has 1 aromatic carbocycles. The predicted molar refractivity (Wildman–Crippen MR) is 80.7 cm³/mol. The Labute approximate surface area is 131 Å². The molecule has 0 unspecified atom stereocenters. The number of aromatic nitrogens is 2. The van der Waals surface area contributed by atoms with Crippen LogP contribution in [-0.4, -0.2) is 29.5 Å². The Balaban J connectivity index is 1.82. The highest BCUT2D eigenvalue weighted by Gasteiger charge is 2.15. The molecule has 0 spiro atoms. The number of benzene rings is 1. The molecule has 0 aliphatic carbocycles. The first kappa shape index (κ1) is 14.7. The minimum Gasteiger partial charge on any atom is -0.493 e. The zero-order valence-electron chi connectivity index (χ0n) is 11.6. The van der Waals surface area contributed by atoms with Gasteiger partial charge in [-0.2, -0.15) is 5.10 Å². The van der Waals surface area contributed by atoms with Crippen LogP contribution in [0.1, 0.15) is 16.1 Å². The van der Waals surface area contributed by atoms with Gasteiger partial charge in [0.25, 0.3) is 5.91 Å². The van der Waals surface area contributed by atoms with Crippen molar-refractivity contribution >= 4 is 39.6 Å². The summed E-state index contributed by atoms with van der Waals surface area (Å²) in [5.74, 6) is -0.413. The Morgan fingerprint density at radius 2 is 2.30 bits per heavy atom. The van der Waals surface area contributed by atoms with E-state index in [1.165, 1.54) is 13.3 Å². The Morgan fingerprint density at radius 1 is 1.48 bits per heavy atom. The average Bonchev–Trinajstić information content (AvgIpc) is 3.11. The molecule has 0 radical (unpaired) electrons. The molecule has 0 fully saturated rings. The lowest BCUT2D eigenvalue weighted by molar-refractivity contribution is 0.0946. The SMILES string of the molecule is COc1cc(C=NNC(=O)c2nonc2N)cc2sc(=O)oc12. The Bertz CT molecular complexity index is 956. The van der Waals surface area contributed by atoms with Gasteiger partial charge in [-0.05, 0) is 28.0 Å². The van der Waals surface area contributed by atoms with Crippen molar-refractivity contribution < 1.29 is 18.6 Å². The summed E-state index contributed by atoms with van der Waals surface area (Å²) in [5.41, 5.74) is 8.42. The van der Waals surface area contributed by atoms with Crippen LogP contribution in [0.3, 0.4) is 0 Å². The van der Waals surface area contributed by atoms with Crippen molar-refractivity contribution in [1.29, 1.82) is 0 Å². The van der Waals surface area contributed by atoms with Crippen molar-refractivity contribution in [3.63, 3.8) is 0 Å². The quantitative estimate of drug-likeness (QED) is 0.520. The van der Waals surface area contributed by atoms with Gasteiger partial charge in [-0.1, -0.05) is 11.3 Å². The van der Waals surface area contributed by atoms with Crippen molar-refractivity contribution in [2.45, 2.75) is 0 Å². The molecule has 0 atom stereocenters. The van der Waals surface area contributed by atoms with Crippen LogP contribution in [-0.2, 0) is 0 Å². The fourth-order valence-electron chi connectivity index (χ4n) is 1.76. The van der Waals surface area contributed by atoms with E-state index in [1.54, 1.807) is 12.1 Å². The van der Waals surface area contributed by atoms with E-state index in [9.17, 15) is 9.59 Å². The summed E-state index contributed by atoms with van der Waals surface area (Å²) in [5, 5.41) is 10.4. The van der Waals surface area contributed by atoms with Gasteiger partial charge in [0.2, 0.25) is 11.5 Å². The lowest BCUT2D eigenvalue weighted by atomic mass is 10.2. The topological polar surface area (TPSA) is 146 Å². The highest BCUT2D eigenvalue weighted by atomic mass is 32.1. The van der Waals surface area contributed by atoms with E-state index in [-0.39, 0.29) is 11.5 Å². The first-order valence-corrected chi connectivity index (χ1v) is 6.93. The van der Waals surface area contributed by atoms with Crippen molar-refractivity contribution in [3.05, 3.63) is 33.1 Å². The summed E-state index contributed by atoms with van der Waals surface area (Å²) < 4.78 is 15.1. The van der Waals surface area contributed by atoms with Crippen molar-refractivity contribution in [2.75, 3.05) is 12.8 Å². The van der Waals surface area contributed by atoms with Gasteiger partial charge in [-0.3, -0.25) is 4.79 Å². The van der Waals surface area contributed by atoms with E-state index in [2.05, 4.69) is 25.5 Å². The number of anilines is 1. The van der Waals surface area contributed by atoms with Crippen LogP contribution in [0.2, 0.25) is 0 Å². The largest absolute Gasteiger partial charge is 0.493 e. The third-order valence-electron chi connectivity index (χ3n) is 2.75. The van der Waals surface area contributed by atoms with Crippen LogP contribution in [0.15, 0.2) is 31.1 Å². The average molecular weight is 335 g/mol. The summed E-state index contributed by atoms with van der Waals surface area (Å²) in [6.07, 6.45) is 1.37. The first-order chi connectivity index (χ1) is 11.1. The molecule has 0 bridgehead atoms. The van der Waals surface area contributed by atoms with Crippen molar-refractivity contribution in [3.8, 4) is 5.75 Å². The van der Waals surface area contributed by atoms with Gasteiger partial charge in [0.05, 0.1) is 18.0 Å². The maximum absolute atomic E-state index is 11.7. The van der Waals surface area contributed by atoms with Crippen LogP contribution in [0.25, 0.3) is 10.3 Å². The number of hydrogen-bond donors (Lipinski definition) is 2. The van der Waals surface area contributed by atoms with E-state index >= 15 is 0 Å². The Kier molecular flexibility index (Phi) is 3.76. The van der Waals surface area contributed by atoms with E-state index in [0.29, 0.717) is 21.6 Å². The molecule has 3 rings (SSSR count). The maximum atomic E-state index is 11.7. The molecule has 10 nitrogen and oxygen atoms in total. The van der Waals surface area contributed by atoms with E-state index in [1.807, 2.05) is 0 Å². The first-order valence-electron chi connectivity index (χ1n) is 6.11. The fraction of sp³-hybridized carbons (Fsp3) is 0.0833. The predicted octanol–water partition coefficient (Wildman–Crippen LogP) is 0.592. The van der Waals surface area contributed by atoms with Crippen molar-refractivity contribution in [2.24, 2.45) is 5.10 Å². The van der Waals surface area contributed by atoms with Crippen LogP contribution in [0.5, 0.6) is 5.75 Å². The second kappa shape index (κ2) is 5.88. The second-order valence-corrected chi connectivity index (χ2v) is 5.18. The third kappa shape index (κ3) is 2.89. The second-order valence-electron chi connectivity index (χ2n) is 4.20. The van der Waals surface area contributed by atoms with Gasteiger partial charge in [-0.15, -0.1) is 0 Å². The molecule has 0 saturated heterocycles. The molecule has 2 aromatic heterocycles. The van der Waals surface area contributed by atoms with Gasteiger partial charge in [0, 0.05) is 0 Å². The number of amides is 1. The van der Waals surface area contributed by atoms with Crippen molar-refractivity contribution in [1.82, 2.24) is 15.7 Å². The number of hydrazone groups is 1. The van der Waals surface area contributed by atoms with Gasteiger partial charge in [0.1, 0.15) is 0 Å². The molecule has 11 heteroatoms. The van der Waals surface area contributed by atoms with Gasteiger partial charge >= 0.3 is 4.94 Å². The number of nitrogen functional groups attached to an aromatic ring is 1. The van der Waals surface area contributed by atoms with Crippen LogP contribution < -0.4 is 20.8 Å². The number of nitrogens with one attached hydrogen (secondary N) is 1. The number of ether oxygens (including phenoxy) is 1. The zero-order chi connectivity index (χ0) is 16.4. The van der Waals surface area contributed by atoms with E-state index in [4.69, 9.17) is 14.9 Å². The number of carbonyl (C=O) groups excluding carboxylic acids is 1. The molecule has 3 N–H and O–H groups in total. The molecule has 118 valence electrons. The number of hydrogen-bond acceptors (Lipinski definition) is 10. The van der Waals surface area contributed by atoms with E-state index < -0.39 is 10.8 Å². The lowest BCUT2D eigenvalue weighted by Gasteiger charge is -2.01. The Morgan fingerprint density at radius 3 is 3.00 bits per heavy atom. The molecule has 0 aliphatic rings. The monoisotopic (exact) mass is 335 g/mol. The minimum atomic E-state index is -0.666. The van der Waals surface area contributed by atoms with Gasteiger partial charge in [-0.25, -0.2) is 14.8 Å². The maximum Gasteiger partial charge on any atom is 0.396 e. The fourth-order valence-corrected chi connectivity index (χ4v) is 2.50. The highest BCUT2D eigenvalue weighted by Crippen LogP contribution is 2.28. The number of fused-ring (bicyclic) bond motifs is 1. The van der Waals surface area contributed by atoms with Crippen LogP contribution >= 0.6 is 11.3 Å². The normalized spacial score (nSPS) is 11.2.